The lowest BCUT2D eigenvalue weighted by molar-refractivity contribution is 0.170. The molecule has 1 aromatic heterocycles. The zero-order valence-electron chi connectivity index (χ0n) is 19.8. The summed E-state index contributed by atoms with van der Waals surface area (Å²) in [4.78, 5) is 6.82. The van der Waals surface area contributed by atoms with Gasteiger partial charge in [0.1, 0.15) is 11.8 Å². The minimum atomic E-state index is 0.129. The SMILES string of the molecule is CC(C)c1ccc([C@H](CNc2oc(COc3ccc(Cl)cc3)nc2C#N)N2CCCCC2)cc1. The number of oxazole rings is 1. The topological polar surface area (TPSA) is 74.3 Å². The van der Waals surface area contributed by atoms with Crippen LogP contribution in [-0.4, -0.2) is 29.5 Å². The lowest BCUT2D eigenvalue weighted by Crippen LogP contribution is -2.37. The van der Waals surface area contributed by atoms with Crippen LogP contribution in [0.1, 0.15) is 67.8 Å². The largest absolute Gasteiger partial charge is 0.484 e. The van der Waals surface area contributed by atoms with Gasteiger partial charge in [0.2, 0.25) is 17.5 Å². The Labute approximate surface area is 206 Å². The third kappa shape index (κ3) is 6.11. The Morgan fingerprint density at radius 1 is 1.06 bits per heavy atom. The van der Waals surface area contributed by atoms with Crippen molar-refractivity contribution in [1.29, 1.82) is 5.26 Å². The maximum absolute atomic E-state index is 9.58. The number of likely N-dealkylation sites (tertiary alicyclic amines) is 1. The number of nitriles is 1. The summed E-state index contributed by atoms with van der Waals surface area (Å²) in [6.45, 7) is 7.31. The molecule has 178 valence electrons. The normalized spacial score (nSPS) is 15.1. The second-order valence-corrected chi connectivity index (χ2v) is 9.39. The van der Waals surface area contributed by atoms with Crippen LogP contribution in [0.3, 0.4) is 0 Å². The number of ether oxygens (including phenoxy) is 1. The van der Waals surface area contributed by atoms with Crippen LogP contribution in [0.2, 0.25) is 5.02 Å². The molecule has 1 atom stereocenters. The summed E-state index contributed by atoms with van der Waals surface area (Å²) < 4.78 is 11.6. The quantitative estimate of drug-likeness (QED) is 0.376. The molecule has 0 spiro atoms. The molecule has 34 heavy (non-hydrogen) atoms. The molecule has 6 nitrogen and oxygen atoms in total. The van der Waals surface area contributed by atoms with E-state index >= 15 is 0 Å². The highest BCUT2D eigenvalue weighted by Gasteiger charge is 2.24. The Hall–Kier alpha value is -3.01. The van der Waals surface area contributed by atoms with Crippen LogP contribution in [0.15, 0.2) is 52.9 Å². The van der Waals surface area contributed by atoms with E-state index in [1.165, 1.54) is 30.4 Å². The van der Waals surface area contributed by atoms with E-state index in [0.717, 1.165) is 13.1 Å². The number of halogens is 1. The highest BCUT2D eigenvalue weighted by atomic mass is 35.5. The van der Waals surface area contributed by atoms with Crippen LogP contribution < -0.4 is 10.1 Å². The first-order valence-electron chi connectivity index (χ1n) is 11.9. The first kappa shape index (κ1) is 24.1. The van der Waals surface area contributed by atoms with Gasteiger partial charge in [-0.1, -0.05) is 56.1 Å². The lowest BCUT2D eigenvalue weighted by atomic mass is 9.97. The van der Waals surface area contributed by atoms with Gasteiger partial charge < -0.3 is 14.5 Å². The molecular formula is C27H31ClN4O2. The van der Waals surface area contributed by atoms with Crippen molar-refractivity contribution in [3.63, 3.8) is 0 Å². The van der Waals surface area contributed by atoms with Gasteiger partial charge in [0.05, 0.1) is 6.04 Å². The monoisotopic (exact) mass is 478 g/mol. The molecule has 1 aliphatic rings. The molecule has 0 radical (unpaired) electrons. The maximum Gasteiger partial charge on any atom is 0.236 e. The number of nitrogens with zero attached hydrogens (tertiary/aromatic N) is 3. The molecule has 1 fully saturated rings. The first-order valence-corrected chi connectivity index (χ1v) is 12.3. The molecular weight excluding hydrogens is 448 g/mol. The zero-order chi connectivity index (χ0) is 23.9. The average molecular weight is 479 g/mol. The number of hydrogen-bond donors (Lipinski definition) is 1. The fourth-order valence-corrected chi connectivity index (χ4v) is 4.40. The molecule has 7 heteroatoms. The molecule has 1 aliphatic heterocycles. The van der Waals surface area contributed by atoms with E-state index in [0.29, 0.717) is 35.0 Å². The van der Waals surface area contributed by atoms with E-state index in [1.54, 1.807) is 24.3 Å². The Kier molecular flexibility index (Phi) is 8.10. The van der Waals surface area contributed by atoms with Gasteiger partial charge in [-0.15, -0.1) is 0 Å². The molecule has 1 saturated heterocycles. The van der Waals surface area contributed by atoms with Crippen molar-refractivity contribution in [2.45, 2.75) is 51.7 Å². The van der Waals surface area contributed by atoms with Crippen molar-refractivity contribution in [2.75, 3.05) is 25.0 Å². The molecule has 0 unspecified atom stereocenters. The number of nitrogens with one attached hydrogen (secondary N) is 1. The minimum absolute atomic E-state index is 0.129. The zero-order valence-corrected chi connectivity index (χ0v) is 20.5. The predicted molar refractivity (Wildman–Crippen MR) is 134 cm³/mol. The summed E-state index contributed by atoms with van der Waals surface area (Å²) in [5, 5.41) is 13.6. The van der Waals surface area contributed by atoms with Crippen molar-refractivity contribution in [2.24, 2.45) is 0 Å². The Bertz CT molecular complexity index is 1100. The number of anilines is 1. The number of aromatic nitrogens is 1. The van der Waals surface area contributed by atoms with Crippen LogP contribution in [0.5, 0.6) is 5.75 Å². The molecule has 0 saturated carbocycles. The second-order valence-electron chi connectivity index (χ2n) is 8.95. The molecule has 0 aliphatic carbocycles. The second kappa shape index (κ2) is 11.4. The Morgan fingerprint density at radius 2 is 1.74 bits per heavy atom. The fraction of sp³-hybridized carbons (Fsp3) is 0.407. The maximum atomic E-state index is 9.58. The standard InChI is InChI=1S/C27H31ClN4O2/c1-19(2)20-6-8-21(9-7-20)25(32-14-4-3-5-15-32)17-30-27-24(16-29)31-26(34-27)18-33-23-12-10-22(28)11-13-23/h6-13,19,25,30H,3-5,14-15,17-18H2,1-2H3/t25-/m0/s1. The van der Waals surface area contributed by atoms with Gasteiger partial charge in [-0.3, -0.25) is 4.90 Å². The lowest BCUT2D eigenvalue weighted by Gasteiger charge is -2.35. The smallest absolute Gasteiger partial charge is 0.236 e. The van der Waals surface area contributed by atoms with Crippen LogP contribution in [-0.2, 0) is 6.61 Å². The van der Waals surface area contributed by atoms with Gasteiger partial charge in [0.15, 0.2) is 6.61 Å². The third-order valence-electron chi connectivity index (χ3n) is 6.23. The van der Waals surface area contributed by atoms with E-state index in [9.17, 15) is 5.26 Å². The molecule has 1 N–H and O–H groups in total. The summed E-state index contributed by atoms with van der Waals surface area (Å²) in [7, 11) is 0. The number of piperidine rings is 1. The van der Waals surface area contributed by atoms with E-state index in [4.69, 9.17) is 20.8 Å². The van der Waals surface area contributed by atoms with Gasteiger partial charge in [-0.2, -0.15) is 10.2 Å². The van der Waals surface area contributed by atoms with Crippen molar-refractivity contribution >= 4 is 17.5 Å². The average Bonchev–Trinajstić information content (AvgIpc) is 3.27. The minimum Gasteiger partial charge on any atom is -0.484 e. The van der Waals surface area contributed by atoms with Gasteiger partial charge in [0, 0.05) is 11.6 Å². The van der Waals surface area contributed by atoms with E-state index in [-0.39, 0.29) is 18.3 Å². The Balaban J connectivity index is 1.46. The van der Waals surface area contributed by atoms with Crippen LogP contribution >= 0.6 is 11.6 Å². The van der Waals surface area contributed by atoms with Crippen molar-refractivity contribution in [1.82, 2.24) is 9.88 Å². The van der Waals surface area contributed by atoms with Gasteiger partial charge in [-0.05, 0) is 67.2 Å². The van der Waals surface area contributed by atoms with Crippen molar-refractivity contribution in [3.8, 4) is 11.8 Å². The van der Waals surface area contributed by atoms with Crippen LogP contribution in [0.4, 0.5) is 5.88 Å². The number of benzene rings is 2. The first-order chi connectivity index (χ1) is 16.5. The number of rotatable bonds is 9. The highest BCUT2D eigenvalue weighted by Crippen LogP contribution is 2.28. The summed E-state index contributed by atoms with van der Waals surface area (Å²) in [5.41, 5.74) is 2.84. The highest BCUT2D eigenvalue weighted by molar-refractivity contribution is 6.30. The molecule has 0 amide bonds. The van der Waals surface area contributed by atoms with E-state index in [1.807, 2.05) is 0 Å². The molecule has 3 aromatic rings. The number of hydrogen-bond acceptors (Lipinski definition) is 6. The molecule has 2 heterocycles. The van der Waals surface area contributed by atoms with E-state index < -0.39 is 0 Å². The summed E-state index contributed by atoms with van der Waals surface area (Å²) in [6, 6.07) is 18.3. The third-order valence-corrected chi connectivity index (χ3v) is 6.48. The molecule has 0 bridgehead atoms. The van der Waals surface area contributed by atoms with Gasteiger partial charge >= 0.3 is 0 Å². The Morgan fingerprint density at radius 3 is 2.38 bits per heavy atom. The summed E-state index contributed by atoms with van der Waals surface area (Å²) in [5.74, 6) is 1.90. The summed E-state index contributed by atoms with van der Waals surface area (Å²) >= 11 is 5.92. The van der Waals surface area contributed by atoms with Crippen LogP contribution in [0, 0.1) is 11.3 Å². The van der Waals surface area contributed by atoms with Gasteiger partial charge in [0.25, 0.3) is 0 Å². The fourth-order valence-electron chi connectivity index (χ4n) is 4.28. The van der Waals surface area contributed by atoms with Gasteiger partial charge in [-0.25, -0.2) is 0 Å². The molecule has 4 rings (SSSR count). The summed E-state index contributed by atoms with van der Waals surface area (Å²) in [6.07, 6.45) is 3.69. The van der Waals surface area contributed by atoms with Crippen LogP contribution in [0.25, 0.3) is 0 Å². The van der Waals surface area contributed by atoms with Crippen molar-refractivity contribution in [3.05, 3.63) is 76.3 Å². The predicted octanol–water partition coefficient (Wildman–Crippen LogP) is 6.54. The van der Waals surface area contributed by atoms with Crippen molar-refractivity contribution < 1.29 is 9.15 Å². The van der Waals surface area contributed by atoms with E-state index in [2.05, 4.69) is 59.4 Å². The molecule has 2 aromatic carbocycles.